The van der Waals surface area contributed by atoms with Crippen LogP contribution >= 0.6 is 0 Å². The Kier molecular flexibility index (Phi) is 8.12. The maximum Gasteiger partial charge on any atom is 0.316 e. The zero-order valence-corrected chi connectivity index (χ0v) is 19.3. The van der Waals surface area contributed by atoms with E-state index in [4.69, 9.17) is 10.5 Å². The summed E-state index contributed by atoms with van der Waals surface area (Å²) < 4.78 is 5.61. The van der Waals surface area contributed by atoms with Crippen LogP contribution in [0, 0.1) is 6.92 Å². The van der Waals surface area contributed by atoms with Gasteiger partial charge in [-0.1, -0.05) is 6.07 Å². The molecular formula is C24H28N6O4. The molecule has 3 aromatic rings. The molecule has 0 aliphatic rings. The van der Waals surface area contributed by atoms with Gasteiger partial charge in [0, 0.05) is 23.5 Å². The van der Waals surface area contributed by atoms with Crippen molar-refractivity contribution in [3.05, 3.63) is 54.2 Å². The highest BCUT2D eigenvalue weighted by molar-refractivity contribution is 5.92. The summed E-state index contributed by atoms with van der Waals surface area (Å²) in [4.78, 5) is 34.0. The minimum Gasteiger partial charge on any atom is -0.475 e. The van der Waals surface area contributed by atoms with E-state index in [9.17, 15) is 14.7 Å². The van der Waals surface area contributed by atoms with Gasteiger partial charge in [0.1, 0.15) is 12.4 Å². The molecule has 0 spiro atoms. The number of primary amides is 1. The van der Waals surface area contributed by atoms with E-state index in [1.54, 1.807) is 35.4 Å². The van der Waals surface area contributed by atoms with E-state index >= 15 is 0 Å². The fraction of sp³-hybridized carbons (Fsp3) is 0.250. The van der Waals surface area contributed by atoms with Crippen molar-refractivity contribution in [2.75, 3.05) is 44.5 Å². The number of hydrogen-bond donors (Lipinski definition) is 4. The monoisotopic (exact) mass is 464 g/mol. The zero-order valence-electron chi connectivity index (χ0n) is 19.3. The Morgan fingerprint density at radius 2 is 1.88 bits per heavy atom. The lowest BCUT2D eigenvalue weighted by Gasteiger charge is -2.14. The fourth-order valence-corrected chi connectivity index (χ4v) is 3.31. The van der Waals surface area contributed by atoms with Crippen molar-refractivity contribution in [2.45, 2.75) is 6.92 Å². The standard InChI is InChI=1S/C24H28N6O4/c1-15-4-5-18(27-24(25)33)13-19(15)17-10-20(28-23(12-17)34-9-8-31)16-6-7-26-21(11-16)29-22(32)14-30(2)3/h4-7,10-13,31H,8-9,14H2,1-3H3,(H3,25,27,33)(H,26,29,32). The molecule has 2 aromatic heterocycles. The van der Waals surface area contributed by atoms with Crippen LogP contribution in [0.1, 0.15) is 5.56 Å². The van der Waals surface area contributed by atoms with Crippen LogP contribution in [0.4, 0.5) is 16.3 Å². The van der Waals surface area contributed by atoms with Crippen LogP contribution in [0.25, 0.3) is 22.4 Å². The second kappa shape index (κ2) is 11.2. The quantitative estimate of drug-likeness (QED) is 0.381. The molecule has 3 rings (SSSR count). The van der Waals surface area contributed by atoms with E-state index in [0.29, 0.717) is 23.1 Å². The van der Waals surface area contributed by atoms with Crippen molar-refractivity contribution in [1.29, 1.82) is 0 Å². The van der Waals surface area contributed by atoms with Crippen LogP contribution in [0.5, 0.6) is 5.88 Å². The molecule has 178 valence electrons. The number of aliphatic hydroxyl groups excluding tert-OH is 1. The Hall–Kier alpha value is -4.02. The number of nitrogens with zero attached hydrogens (tertiary/aromatic N) is 3. The molecule has 0 aliphatic carbocycles. The highest BCUT2D eigenvalue weighted by Crippen LogP contribution is 2.32. The first-order valence-electron chi connectivity index (χ1n) is 10.6. The third-order valence-corrected chi connectivity index (χ3v) is 4.74. The van der Waals surface area contributed by atoms with Crippen LogP contribution in [0.2, 0.25) is 0 Å². The van der Waals surface area contributed by atoms with Gasteiger partial charge in [-0.05, 0) is 68.0 Å². The SMILES string of the molecule is Cc1ccc(NC(N)=O)cc1-c1cc(OCCO)nc(-c2ccnc(NC(=O)CN(C)C)c2)c1. The van der Waals surface area contributed by atoms with Crippen molar-refractivity contribution in [1.82, 2.24) is 14.9 Å². The van der Waals surface area contributed by atoms with Crippen LogP contribution in [0.3, 0.4) is 0 Å². The largest absolute Gasteiger partial charge is 0.475 e. The number of amides is 3. The van der Waals surface area contributed by atoms with Crippen molar-refractivity contribution in [3.63, 3.8) is 0 Å². The molecule has 2 heterocycles. The Balaban J connectivity index is 2.03. The number of pyridine rings is 2. The molecule has 0 atom stereocenters. The average molecular weight is 465 g/mol. The number of aliphatic hydroxyl groups is 1. The minimum atomic E-state index is -0.655. The number of urea groups is 1. The third-order valence-electron chi connectivity index (χ3n) is 4.74. The van der Waals surface area contributed by atoms with Crippen LogP contribution in [-0.2, 0) is 4.79 Å². The predicted octanol–water partition coefficient (Wildman–Crippen LogP) is 2.48. The zero-order chi connectivity index (χ0) is 24.7. The van der Waals surface area contributed by atoms with Gasteiger partial charge < -0.3 is 31.1 Å². The Morgan fingerprint density at radius 1 is 1.09 bits per heavy atom. The van der Waals surface area contributed by atoms with Gasteiger partial charge in [0.15, 0.2) is 0 Å². The summed E-state index contributed by atoms with van der Waals surface area (Å²) in [5.74, 6) is 0.542. The second-order valence-electron chi connectivity index (χ2n) is 7.89. The van der Waals surface area contributed by atoms with Crippen molar-refractivity contribution < 1.29 is 19.4 Å². The van der Waals surface area contributed by atoms with E-state index in [2.05, 4.69) is 20.6 Å². The van der Waals surface area contributed by atoms with Crippen LogP contribution < -0.4 is 21.1 Å². The summed E-state index contributed by atoms with van der Waals surface area (Å²) in [7, 11) is 3.62. The van der Waals surface area contributed by atoms with Gasteiger partial charge in [0.05, 0.1) is 18.8 Å². The molecule has 0 bridgehead atoms. The number of anilines is 2. The lowest BCUT2D eigenvalue weighted by Crippen LogP contribution is -2.27. The number of benzene rings is 1. The molecular weight excluding hydrogens is 436 g/mol. The first kappa shape index (κ1) is 24.6. The van der Waals surface area contributed by atoms with Crippen molar-refractivity contribution in [3.8, 4) is 28.3 Å². The van der Waals surface area contributed by atoms with E-state index < -0.39 is 6.03 Å². The summed E-state index contributed by atoms with van der Waals surface area (Å²) in [6.45, 7) is 2.10. The topological polar surface area (TPSA) is 143 Å². The smallest absolute Gasteiger partial charge is 0.316 e. The summed E-state index contributed by atoms with van der Waals surface area (Å²) in [5, 5.41) is 14.6. The normalized spacial score (nSPS) is 10.7. The number of nitrogens with two attached hydrogens (primary N) is 1. The number of aryl methyl sites for hydroxylation is 1. The molecule has 0 saturated heterocycles. The van der Waals surface area contributed by atoms with Crippen molar-refractivity contribution >= 4 is 23.4 Å². The number of rotatable bonds is 9. The molecule has 0 saturated carbocycles. The van der Waals surface area contributed by atoms with Gasteiger partial charge in [-0.15, -0.1) is 0 Å². The predicted molar refractivity (Wildman–Crippen MR) is 131 cm³/mol. The molecule has 0 unspecified atom stereocenters. The molecule has 34 heavy (non-hydrogen) atoms. The first-order valence-corrected chi connectivity index (χ1v) is 10.6. The number of ether oxygens (including phenoxy) is 1. The van der Waals surface area contributed by atoms with E-state index in [-0.39, 0.29) is 25.7 Å². The summed E-state index contributed by atoms with van der Waals surface area (Å²) >= 11 is 0. The number of likely N-dealkylation sites (N-methyl/N-ethyl adjacent to an activating group) is 1. The average Bonchev–Trinajstić information content (AvgIpc) is 2.78. The Morgan fingerprint density at radius 3 is 2.59 bits per heavy atom. The van der Waals surface area contributed by atoms with Gasteiger partial charge in [0.2, 0.25) is 11.8 Å². The molecule has 5 N–H and O–H groups in total. The van der Waals surface area contributed by atoms with Crippen LogP contribution in [0.15, 0.2) is 48.7 Å². The molecule has 10 nitrogen and oxygen atoms in total. The fourth-order valence-electron chi connectivity index (χ4n) is 3.31. The molecule has 0 radical (unpaired) electrons. The van der Waals surface area contributed by atoms with E-state index in [1.807, 2.05) is 39.2 Å². The highest BCUT2D eigenvalue weighted by atomic mass is 16.5. The third kappa shape index (κ3) is 6.74. The molecule has 0 aliphatic heterocycles. The maximum atomic E-state index is 12.1. The molecule has 3 amide bonds. The maximum absolute atomic E-state index is 12.1. The number of nitrogens with one attached hydrogen (secondary N) is 2. The van der Waals surface area contributed by atoms with E-state index in [1.165, 1.54) is 0 Å². The Labute approximate surface area is 197 Å². The lowest BCUT2D eigenvalue weighted by atomic mass is 9.98. The van der Waals surface area contributed by atoms with Gasteiger partial charge >= 0.3 is 6.03 Å². The second-order valence-corrected chi connectivity index (χ2v) is 7.89. The Bertz CT molecular complexity index is 1180. The van der Waals surface area contributed by atoms with Gasteiger partial charge in [0.25, 0.3) is 0 Å². The number of aromatic nitrogens is 2. The van der Waals surface area contributed by atoms with Gasteiger partial charge in [-0.2, -0.15) is 0 Å². The van der Waals surface area contributed by atoms with Gasteiger partial charge in [-0.3, -0.25) is 4.79 Å². The van der Waals surface area contributed by atoms with Crippen molar-refractivity contribution in [2.24, 2.45) is 5.73 Å². The molecule has 1 aromatic carbocycles. The first-order chi connectivity index (χ1) is 16.2. The number of carbonyl (C=O) groups is 2. The van der Waals surface area contributed by atoms with Gasteiger partial charge in [-0.25, -0.2) is 14.8 Å². The lowest BCUT2D eigenvalue weighted by molar-refractivity contribution is -0.116. The number of hydrogen-bond acceptors (Lipinski definition) is 7. The summed E-state index contributed by atoms with van der Waals surface area (Å²) in [6.07, 6.45) is 1.59. The van der Waals surface area contributed by atoms with Crippen LogP contribution in [-0.4, -0.2) is 65.8 Å². The number of carbonyl (C=O) groups excluding carboxylic acids is 2. The molecule has 10 heteroatoms. The summed E-state index contributed by atoms with van der Waals surface area (Å²) in [5.41, 5.74) is 9.72. The molecule has 0 fully saturated rings. The van der Waals surface area contributed by atoms with E-state index in [0.717, 1.165) is 22.3 Å². The summed E-state index contributed by atoms with van der Waals surface area (Å²) in [6, 6.07) is 11.9. The minimum absolute atomic E-state index is 0.0837. The highest BCUT2D eigenvalue weighted by Gasteiger charge is 2.13.